The number of aromatic amines is 1. The van der Waals surface area contributed by atoms with Crippen LogP contribution in [0.3, 0.4) is 0 Å². The molecule has 0 spiro atoms. The first-order valence-corrected chi connectivity index (χ1v) is 5.79. The van der Waals surface area contributed by atoms with Gasteiger partial charge in [0.15, 0.2) is 5.65 Å². The van der Waals surface area contributed by atoms with Crippen molar-refractivity contribution in [2.24, 2.45) is 5.92 Å². The van der Waals surface area contributed by atoms with E-state index in [-0.39, 0.29) is 5.95 Å². The summed E-state index contributed by atoms with van der Waals surface area (Å²) in [5, 5.41) is 7.70. The quantitative estimate of drug-likeness (QED) is 0.835. The van der Waals surface area contributed by atoms with E-state index in [2.05, 4.69) is 38.9 Å². The molecule has 92 valence electrons. The third-order valence-corrected chi connectivity index (χ3v) is 2.95. The second-order valence-corrected chi connectivity index (χ2v) is 4.43. The van der Waals surface area contributed by atoms with Gasteiger partial charge in [-0.15, -0.1) is 0 Å². The summed E-state index contributed by atoms with van der Waals surface area (Å²) >= 11 is 0. The van der Waals surface area contributed by atoms with Crippen LogP contribution in [0.4, 0.5) is 11.8 Å². The molecule has 0 fully saturated rings. The summed E-state index contributed by atoms with van der Waals surface area (Å²) in [6.07, 6.45) is 2.87. The fourth-order valence-electron chi connectivity index (χ4n) is 1.81. The van der Waals surface area contributed by atoms with E-state index < -0.39 is 0 Å². The molecule has 6 heteroatoms. The molecule has 1 atom stereocenters. The molecular formula is C11H18N6. The average Bonchev–Trinajstić information content (AvgIpc) is 2.75. The van der Waals surface area contributed by atoms with Crippen molar-refractivity contribution in [1.82, 2.24) is 20.2 Å². The highest BCUT2D eigenvalue weighted by Gasteiger charge is 2.13. The van der Waals surface area contributed by atoms with Crippen LogP contribution in [0, 0.1) is 5.92 Å². The number of fused-ring (bicyclic) bond motifs is 1. The van der Waals surface area contributed by atoms with Crippen molar-refractivity contribution >= 4 is 22.8 Å². The predicted octanol–water partition coefficient (Wildman–Crippen LogP) is 1.42. The van der Waals surface area contributed by atoms with Crippen LogP contribution < -0.4 is 10.6 Å². The lowest BCUT2D eigenvalue weighted by Crippen LogP contribution is -2.25. The lowest BCUT2D eigenvalue weighted by molar-refractivity contribution is 0.558. The van der Waals surface area contributed by atoms with E-state index in [9.17, 15) is 0 Å². The van der Waals surface area contributed by atoms with Crippen LogP contribution in [-0.2, 0) is 0 Å². The SMILES string of the molecule is CCC(C)CN(C)c1nc(N)nc2[nH]ncc12. The van der Waals surface area contributed by atoms with Gasteiger partial charge in [0, 0.05) is 13.6 Å². The molecule has 0 aromatic carbocycles. The number of nitrogen functional groups attached to an aromatic ring is 1. The minimum absolute atomic E-state index is 0.271. The van der Waals surface area contributed by atoms with Gasteiger partial charge in [-0.25, -0.2) is 0 Å². The van der Waals surface area contributed by atoms with Crippen molar-refractivity contribution in [2.45, 2.75) is 20.3 Å². The molecule has 0 saturated heterocycles. The fraction of sp³-hybridized carbons (Fsp3) is 0.545. The maximum Gasteiger partial charge on any atom is 0.224 e. The van der Waals surface area contributed by atoms with E-state index in [0.29, 0.717) is 11.6 Å². The van der Waals surface area contributed by atoms with Gasteiger partial charge in [-0.1, -0.05) is 20.3 Å². The van der Waals surface area contributed by atoms with E-state index in [1.54, 1.807) is 6.20 Å². The van der Waals surface area contributed by atoms with E-state index >= 15 is 0 Å². The third kappa shape index (κ3) is 2.30. The smallest absolute Gasteiger partial charge is 0.224 e. The Morgan fingerprint density at radius 2 is 2.24 bits per heavy atom. The van der Waals surface area contributed by atoms with Crippen molar-refractivity contribution < 1.29 is 0 Å². The molecule has 2 aromatic rings. The number of hydrogen-bond acceptors (Lipinski definition) is 5. The van der Waals surface area contributed by atoms with E-state index in [1.807, 2.05) is 7.05 Å². The first kappa shape index (κ1) is 11.6. The average molecular weight is 234 g/mol. The number of rotatable bonds is 4. The first-order chi connectivity index (χ1) is 8.11. The first-order valence-electron chi connectivity index (χ1n) is 5.79. The highest BCUT2D eigenvalue weighted by atomic mass is 15.2. The van der Waals surface area contributed by atoms with Gasteiger partial charge in [-0.05, 0) is 5.92 Å². The maximum absolute atomic E-state index is 5.69. The Balaban J connectivity index is 2.36. The number of nitrogens with zero attached hydrogens (tertiary/aromatic N) is 4. The molecule has 1 unspecified atom stereocenters. The molecule has 17 heavy (non-hydrogen) atoms. The van der Waals surface area contributed by atoms with Gasteiger partial charge in [0.2, 0.25) is 5.95 Å². The summed E-state index contributed by atoms with van der Waals surface area (Å²) in [5.41, 5.74) is 6.37. The Morgan fingerprint density at radius 1 is 1.47 bits per heavy atom. The Kier molecular flexibility index (Phi) is 3.12. The zero-order valence-electron chi connectivity index (χ0n) is 10.4. The minimum Gasteiger partial charge on any atom is -0.368 e. The summed E-state index contributed by atoms with van der Waals surface area (Å²) < 4.78 is 0. The van der Waals surface area contributed by atoms with Crippen LogP contribution in [0.25, 0.3) is 11.0 Å². The van der Waals surface area contributed by atoms with Crippen LogP contribution in [0.5, 0.6) is 0 Å². The van der Waals surface area contributed by atoms with Gasteiger partial charge in [-0.3, -0.25) is 5.10 Å². The Bertz CT molecular complexity index is 506. The molecule has 2 rings (SSSR count). The number of hydrogen-bond donors (Lipinski definition) is 2. The summed E-state index contributed by atoms with van der Waals surface area (Å²) in [5.74, 6) is 1.72. The zero-order valence-corrected chi connectivity index (χ0v) is 10.4. The number of nitrogens with two attached hydrogens (primary N) is 1. The Morgan fingerprint density at radius 3 is 2.94 bits per heavy atom. The van der Waals surface area contributed by atoms with E-state index in [4.69, 9.17) is 5.73 Å². The molecule has 0 amide bonds. The van der Waals surface area contributed by atoms with E-state index in [1.165, 1.54) is 0 Å². The molecule has 0 aliphatic carbocycles. The maximum atomic E-state index is 5.69. The normalized spacial score (nSPS) is 12.9. The van der Waals surface area contributed by atoms with Crippen molar-refractivity contribution in [3.8, 4) is 0 Å². The largest absolute Gasteiger partial charge is 0.368 e. The van der Waals surface area contributed by atoms with Crippen molar-refractivity contribution in [2.75, 3.05) is 24.2 Å². The molecule has 2 heterocycles. The van der Waals surface area contributed by atoms with Crippen molar-refractivity contribution in [3.05, 3.63) is 6.20 Å². The number of H-pyrrole nitrogens is 1. The fourth-order valence-corrected chi connectivity index (χ4v) is 1.81. The minimum atomic E-state index is 0.271. The number of anilines is 2. The number of nitrogens with one attached hydrogen (secondary N) is 1. The highest BCUT2D eigenvalue weighted by molar-refractivity contribution is 5.87. The molecule has 3 N–H and O–H groups in total. The second kappa shape index (κ2) is 4.57. The summed E-state index contributed by atoms with van der Waals surface area (Å²) in [7, 11) is 2.01. The highest BCUT2D eigenvalue weighted by Crippen LogP contribution is 2.22. The Hall–Kier alpha value is -1.85. The standard InChI is InChI=1S/C11H18N6/c1-4-7(2)6-17(3)10-8-5-13-16-9(8)14-11(12)15-10/h5,7H,4,6H2,1-3H3,(H3,12,13,14,15,16). The van der Waals surface area contributed by atoms with Crippen LogP contribution in [0.15, 0.2) is 6.20 Å². The lowest BCUT2D eigenvalue weighted by Gasteiger charge is -2.22. The molecule has 0 saturated carbocycles. The molecular weight excluding hydrogens is 216 g/mol. The van der Waals surface area contributed by atoms with Crippen molar-refractivity contribution in [3.63, 3.8) is 0 Å². The molecule has 6 nitrogen and oxygen atoms in total. The lowest BCUT2D eigenvalue weighted by atomic mass is 10.1. The van der Waals surface area contributed by atoms with Gasteiger partial charge < -0.3 is 10.6 Å². The molecule has 0 bridgehead atoms. The van der Waals surface area contributed by atoms with Gasteiger partial charge in [0.25, 0.3) is 0 Å². The molecule has 0 aliphatic rings. The number of aromatic nitrogens is 4. The van der Waals surface area contributed by atoms with Gasteiger partial charge >= 0.3 is 0 Å². The van der Waals surface area contributed by atoms with Crippen LogP contribution >= 0.6 is 0 Å². The second-order valence-electron chi connectivity index (χ2n) is 4.43. The van der Waals surface area contributed by atoms with Gasteiger partial charge in [-0.2, -0.15) is 15.1 Å². The summed E-state index contributed by atoms with van der Waals surface area (Å²) in [6, 6.07) is 0. The zero-order chi connectivity index (χ0) is 12.4. The van der Waals surface area contributed by atoms with Crippen LogP contribution in [0.2, 0.25) is 0 Å². The van der Waals surface area contributed by atoms with Crippen LogP contribution in [-0.4, -0.2) is 33.8 Å². The third-order valence-electron chi connectivity index (χ3n) is 2.95. The monoisotopic (exact) mass is 234 g/mol. The van der Waals surface area contributed by atoms with Crippen LogP contribution in [0.1, 0.15) is 20.3 Å². The summed E-state index contributed by atoms with van der Waals surface area (Å²) in [6.45, 7) is 5.33. The van der Waals surface area contributed by atoms with Gasteiger partial charge in [0.05, 0.1) is 11.6 Å². The molecule has 2 aromatic heterocycles. The topological polar surface area (TPSA) is 83.7 Å². The van der Waals surface area contributed by atoms with E-state index in [0.717, 1.165) is 24.2 Å². The van der Waals surface area contributed by atoms with Crippen molar-refractivity contribution in [1.29, 1.82) is 0 Å². The molecule has 0 radical (unpaired) electrons. The summed E-state index contributed by atoms with van der Waals surface area (Å²) in [4.78, 5) is 10.5. The molecule has 0 aliphatic heterocycles. The van der Waals surface area contributed by atoms with Gasteiger partial charge in [0.1, 0.15) is 5.82 Å². The Labute approximate surface area is 100 Å². The predicted molar refractivity (Wildman–Crippen MR) is 68.8 cm³/mol.